The van der Waals surface area contributed by atoms with Crippen molar-refractivity contribution in [3.63, 3.8) is 0 Å². The maximum absolute atomic E-state index is 12.4. The van der Waals surface area contributed by atoms with Gasteiger partial charge < -0.3 is 15.0 Å². The van der Waals surface area contributed by atoms with Crippen LogP contribution in [0.3, 0.4) is 0 Å². The predicted molar refractivity (Wildman–Crippen MR) is 161 cm³/mol. The number of amides is 1. The Balaban J connectivity index is 0.00000420. The minimum Gasteiger partial charge on any atom is -0.446 e. The van der Waals surface area contributed by atoms with Gasteiger partial charge in [-0.1, -0.05) is 66.0 Å². The molecule has 0 radical (unpaired) electrons. The molecule has 4 rings (SSSR count). The van der Waals surface area contributed by atoms with Crippen LogP contribution in [0.4, 0.5) is 4.79 Å². The number of rotatable bonds is 10. The van der Waals surface area contributed by atoms with Gasteiger partial charge in [-0.3, -0.25) is 0 Å². The smallest absolute Gasteiger partial charge is 0.407 e. The van der Waals surface area contributed by atoms with Crippen LogP contribution in [0, 0.1) is 52.3 Å². The quantitative estimate of drug-likeness (QED) is 0.288. The Morgan fingerprint density at radius 3 is 2.55 bits per heavy atom. The van der Waals surface area contributed by atoms with E-state index in [-0.39, 0.29) is 13.6 Å². The van der Waals surface area contributed by atoms with E-state index in [0.29, 0.717) is 17.4 Å². The van der Waals surface area contributed by atoms with Gasteiger partial charge in [-0.2, -0.15) is 0 Å². The first kappa shape index (κ1) is 29.9. The molecule has 4 aliphatic rings. The first-order chi connectivity index (χ1) is 18.0. The maximum atomic E-state index is 12.4. The van der Waals surface area contributed by atoms with Crippen molar-refractivity contribution in [3.8, 4) is 0 Å². The average Bonchev–Trinajstić information content (AvgIpc) is 3.21. The third-order valence-corrected chi connectivity index (χ3v) is 12.4. The van der Waals surface area contributed by atoms with Crippen molar-refractivity contribution in [2.75, 3.05) is 27.2 Å². The minimum atomic E-state index is -0.243. The molecule has 0 unspecified atom stereocenters. The normalized spacial score (nSPS) is 38.2. The standard InChI is InChI=1S/C34H60N2O2.H2/c1-9-25(23(2)3)11-10-24(4)29-14-15-30-28-13-12-26-22-27(38-32(37)35-20-21-36(7)8)16-18-33(26,5)31(28)17-19-34(29,30)6;/h12,23-25,27-31H,9-11,13-22H2,1-8H3,(H,35,37);1H/t24-,25-,27+,28+,29-,30+,31+,33+,34-;/m1./s1. The Labute approximate surface area is 236 Å². The second kappa shape index (κ2) is 12.2. The van der Waals surface area contributed by atoms with E-state index < -0.39 is 0 Å². The number of allylic oxidation sites excluding steroid dienone is 1. The van der Waals surface area contributed by atoms with E-state index >= 15 is 0 Å². The summed E-state index contributed by atoms with van der Waals surface area (Å²) in [6.45, 7) is 16.5. The number of carbonyl (C=O) groups is 1. The molecule has 0 aromatic carbocycles. The molecule has 1 amide bonds. The molecule has 0 saturated heterocycles. The summed E-state index contributed by atoms with van der Waals surface area (Å²) in [6, 6.07) is 0. The van der Waals surface area contributed by atoms with Gasteiger partial charge in [0.2, 0.25) is 0 Å². The fourth-order valence-corrected chi connectivity index (χ4v) is 9.97. The van der Waals surface area contributed by atoms with Crippen LogP contribution in [0.1, 0.15) is 114 Å². The molecule has 4 nitrogen and oxygen atoms in total. The summed E-state index contributed by atoms with van der Waals surface area (Å²) >= 11 is 0. The summed E-state index contributed by atoms with van der Waals surface area (Å²) in [5.74, 6) is 6.04. The Hall–Kier alpha value is -1.03. The highest BCUT2D eigenvalue weighted by atomic mass is 16.6. The fraction of sp³-hybridized carbons (Fsp3) is 0.912. The molecule has 1 N–H and O–H groups in total. The molecule has 0 aromatic heterocycles. The van der Waals surface area contributed by atoms with Crippen molar-refractivity contribution in [2.24, 2.45) is 52.3 Å². The van der Waals surface area contributed by atoms with Crippen molar-refractivity contribution >= 4 is 6.09 Å². The number of ether oxygens (including phenoxy) is 1. The lowest BCUT2D eigenvalue weighted by molar-refractivity contribution is -0.0583. The first-order valence-electron chi connectivity index (χ1n) is 16.3. The lowest BCUT2D eigenvalue weighted by Crippen LogP contribution is -2.51. The lowest BCUT2D eigenvalue weighted by Gasteiger charge is -2.58. The van der Waals surface area contributed by atoms with E-state index in [1.165, 1.54) is 57.8 Å². The Bertz CT molecular complexity index is 843. The van der Waals surface area contributed by atoms with E-state index in [1.54, 1.807) is 5.57 Å². The third kappa shape index (κ3) is 6.01. The van der Waals surface area contributed by atoms with Gasteiger partial charge in [0.05, 0.1) is 0 Å². The number of hydrogen-bond acceptors (Lipinski definition) is 3. The second-order valence-corrected chi connectivity index (χ2v) is 15.0. The average molecular weight is 531 g/mol. The van der Waals surface area contributed by atoms with E-state index in [9.17, 15) is 4.79 Å². The van der Waals surface area contributed by atoms with Gasteiger partial charge in [0.25, 0.3) is 0 Å². The maximum Gasteiger partial charge on any atom is 0.407 e. The van der Waals surface area contributed by atoms with Gasteiger partial charge in [0.1, 0.15) is 6.10 Å². The van der Waals surface area contributed by atoms with Crippen molar-refractivity contribution in [1.82, 2.24) is 10.2 Å². The molecule has 0 aromatic rings. The summed E-state index contributed by atoms with van der Waals surface area (Å²) < 4.78 is 5.88. The van der Waals surface area contributed by atoms with Crippen LogP contribution >= 0.6 is 0 Å². The van der Waals surface area contributed by atoms with Crippen LogP contribution in [-0.2, 0) is 4.74 Å². The zero-order valence-corrected chi connectivity index (χ0v) is 26.2. The van der Waals surface area contributed by atoms with E-state index in [2.05, 4.69) is 57.8 Å². The monoisotopic (exact) mass is 530 g/mol. The highest BCUT2D eigenvalue weighted by Crippen LogP contribution is 2.67. The summed E-state index contributed by atoms with van der Waals surface area (Å²) in [7, 11) is 4.04. The number of nitrogens with one attached hydrogen (secondary N) is 1. The summed E-state index contributed by atoms with van der Waals surface area (Å²) in [5.41, 5.74) is 2.44. The molecule has 220 valence electrons. The molecule has 0 bridgehead atoms. The van der Waals surface area contributed by atoms with Crippen LogP contribution in [0.5, 0.6) is 0 Å². The van der Waals surface area contributed by atoms with E-state index in [1.807, 2.05) is 14.1 Å². The molecule has 0 heterocycles. The highest BCUT2D eigenvalue weighted by Gasteiger charge is 2.59. The molecular weight excluding hydrogens is 468 g/mol. The molecule has 38 heavy (non-hydrogen) atoms. The molecule has 9 atom stereocenters. The molecule has 4 heteroatoms. The van der Waals surface area contributed by atoms with Gasteiger partial charge in [-0.25, -0.2) is 4.79 Å². The zero-order valence-electron chi connectivity index (χ0n) is 26.2. The largest absolute Gasteiger partial charge is 0.446 e. The molecular formula is C34H62N2O2. The number of likely N-dealkylation sites (N-methyl/N-ethyl adjacent to an activating group) is 1. The van der Waals surface area contributed by atoms with Crippen molar-refractivity contribution in [1.29, 1.82) is 0 Å². The number of carbonyl (C=O) groups excluding carboxylic acids is 1. The molecule has 4 aliphatic carbocycles. The zero-order chi connectivity index (χ0) is 27.7. The number of alkyl carbamates (subject to hydrolysis) is 1. The Morgan fingerprint density at radius 2 is 1.87 bits per heavy atom. The van der Waals surface area contributed by atoms with Crippen molar-refractivity contribution in [3.05, 3.63) is 11.6 Å². The van der Waals surface area contributed by atoms with E-state index in [0.717, 1.165) is 60.8 Å². The van der Waals surface area contributed by atoms with Gasteiger partial charge in [-0.15, -0.1) is 0 Å². The van der Waals surface area contributed by atoms with Crippen LogP contribution < -0.4 is 5.32 Å². The third-order valence-electron chi connectivity index (χ3n) is 12.4. The summed E-state index contributed by atoms with van der Waals surface area (Å²) in [4.78, 5) is 14.4. The molecule has 0 aliphatic heterocycles. The molecule has 3 fully saturated rings. The lowest BCUT2D eigenvalue weighted by atomic mass is 9.47. The Morgan fingerprint density at radius 1 is 1.11 bits per heavy atom. The SMILES string of the molecule is CC[C@H](CC[C@@H](C)[C@H]1CC[C@H]2[C@@H]3CC=C4C[C@@H](OC(=O)NCCN(C)C)CC[C@]4(C)[C@H]3CC[C@]12C)C(C)C.[HH]. The fourth-order valence-electron chi connectivity index (χ4n) is 9.97. The molecule has 0 spiro atoms. The highest BCUT2D eigenvalue weighted by molar-refractivity contribution is 5.67. The summed E-state index contributed by atoms with van der Waals surface area (Å²) in [6.07, 6.45) is 16.7. The topological polar surface area (TPSA) is 41.6 Å². The van der Waals surface area contributed by atoms with Gasteiger partial charge in [0, 0.05) is 20.9 Å². The number of fused-ring (bicyclic) bond motifs is 5. The van der Waals surface area contributed by atoms with Gasteiger partial charge >= 0.3 is 6.09 Å². The minimum absolute atomic E-state index is 0. The summed E-state index contributed by atoms with van der Waals surface area (Å²) in [5, 5.41) is 2.93. The number of hydrogen-bond donors (Lipinski definition) is 1. The van der Waals surface area contributed by atoms with E-state index in [4.69, 9.17) is 4.74 Å². The predicted octanol–water partition coefficient (Wildman–Crippen LogP) is 8.57. The van der Waals surface area contributed by atoms with Crippen LogP contribution in [0.15, 0.2) is 11.6 Å². The Kier molecular flexibility index (Phi) is 9.64. The van der Waals surface area contributed by atoms with Gasteiger partial charge in [0.15, 0.2) is 0 Å². The molecule has 3 saturated carbocycles. The first-order valence-corrected chi connectivity index (χ1v) is 16.3. The van der Waals surface area contributed by atoms with Gasteiger partial charge in [-0.05, 0) is 118 Å². The van der Waals surface area contributed by atoms with Crippen LogP contribution in [0.2, 0.25) is 0 Å². The van der Waals surface area contributed by atoms with Crippen molar-refractivity contribution in [2.45, 2.75) is 118 Å². The van der Waals surface area contributed by atoms with Crippen LogP contribution in [-0.4, -0.2) is 44.3 Å². The van der Waals surface area contributed by atoms with Crippen molar-refractivity contribution < 1.29 is 11.0 Å². The number of nitrogens with zero attached hydrogens (tertiary/aromatic N) is 1. The second-order valence-electron chi connectivity index (χ2n) is 15.0. The van der Waals surface area contributed by atoms with Crippen LogP contribution in [0.25, 0.3) is 0 Å².